The quantitative estimate of drug-likeness (QED) is 0.557. The van der Waals surface area contributed by atoms with Gasteiger partial charge in [-0.2, -0.15) is 5.10 Å². The van der Waals surface area contributed by atoms with Crippen LogP contribution in [-0.2, 0) is 16.1 Å². The molecule has 0 unspecified atom stereocenters. The normalized spacial score (nSPS) is 10.5. The van der Waals surface area contributed by atoms with E-state index in [2.05, 4.69) is 21.0 Å². The highest BCUT2D eigenvalue weighted by molar-refractivity contribution is 9.10. The van der Waals surface area contributed by atoms with E-state index in [0.717, 1.165) is 21.6 Å². The Morgan fingerprint density at radius 2 is 2.09 bits per heavy atom. The fourth-order valence-corrected chi connectivity index (χ4v) is 2.42. The van der Waals surface area contributed by atoms with E-state index in [4.69, 9.17) is 9.47 Å². The van der Waals surface area contributed by atoms with E-state index in [1.807, 2.05) is 48.9 Å². The van der Waals surface area contributed by atoms with Gasteiger partial charge in [-0.25, -0.2) is 0 Å². The zero-order valence-corrected chi connectivity index (χ0v) is 14.3. The standard InChI is InChI=1S/C16H19BrN2O3/c1-12-10-13(2)19(18-12)7-6-16(20)22-9-8-21-15-5-3-4-14(17)11-15/h3-5,10-11H,6-9H2,1-2H3. The fraction of sp³-hybridized carbons (Fsp3) is 0.375. The number of ether oxygens (including phenoxy) is 2. The van der Waals surface area contributed by atoms with Gasteiger partial charge in [-0.3, -0.25) is 9.48 Å². The van der Waals surface area contributed by atoms with Crippen molar-refractivity contribution in [2.24, 2.45) is 0 Å². The number of nitrogens with zero attached hydrogens (tertiary/aromatic N) is 2. The Morgan fingerprint density at radius 1 is 1.27 bits per heavy atom. The number of rotatable bonds is 7. The average Bonchev–Trinajstić information content (AvgIpc) is 2.79. The number of esters is 1. The molecule has 2 aromatic rings. The van der Waals surface area contributed by atoms with Crippen LogP contribution in [0.3, 0.4) is 0 Å². The highest BCUT2D eigenvalue weighted by atomic mass is 79.9. The van der Waals surface area contributed by atoms with Gasteiger partial charge in [0.25, 0.3) is 0 Å². The second-order valence-corrected chi connectivity index (χ2v) is 5.84. The molecule has 1 aromatic heterocycles. The maximum atomic E-state index is 11.7. The van der Waals surface area contributed by atoms with E-state index >= 15 is 0 Å². The Balaban J connectivity index is 1.64. The summed E-state index contributed by atoms with van der Waals surface area (Å²) in [6, 6.07) is 9.52. The van der Waals surface area contributed by atoms with Crippen LogP contribution in [0.15, 0.2) is 34.8 Å². The fourth-order valence-electron chi connectivity index (χ4n) is 2.04. The third kappa shape index (κ3) is 5.18. The summed E-state index contributed by atoms with van der Waals surface area (Å²) in [6.07, 6.45) is 0.304. The molecule has 118 valence electrons. The van der Waals surface area contributed by atoms with Crippen molar-refractivity contribution in [3.8, 4) is 5.75 Å². The lowest BCUT2D eigenvalue weighted by atomic mass is 10.3. The van der Waals surface area contributed by atoms with Gasteiger partial charge < -0.3 is 9.47 Å². The van der Waals surface area contributed by atoms with Crippen molar-refractivity contribution in [3.63, 3.8) is 0 Å². The number of carbonyl (C=O) groups excluding carboxylic acids is 1. The molecule has 1 heterocycles. The Bertz CT molecular complexity index is 640. The smallest absolute Gasteiger partial charge is 0.307 e. The lowest BCUT2D eigenvalue weighted by Gasteiger charge is -2.08. The SMILES string of the molecule is Cc1cc(C)n(CCC(=O)OCCOc2cccc(Br)c2)n1. The second-order valence-electron chi connectivity index (χ2n) is 4.93. The first-order valence-electron chi connectivity index (χ1n) is 7.09. The number of hydrogen-bond donors (Lipinski definition) is 0. The highest BCUT2D eigenvalue weighted by Crippen LogP contribution is 2.17. The lowest BCUT2D eigenvalue weighted by Crippen LogP contribution is -2.15. The average molecular weight is 367 g/mol. The molecule has 1 aromatic carbocycles. The number of hydrogen-bond acceptors (Lipinski definition) is 4. The Morgan fingerprint density at radius 3 is 2.77 bits per heavy atom. The van der Waals surface area contributed by atoms with Crippen LogP contribution >= 0.6 is 15.9 Å². The zero-order chi connectivity index (χ0) is 15.9. The van der Waals surface area contributed by atoms with Crippen LogP contribution in [0, 0.1) is 13.8 Å². The van der Waals surface area contributed by atoms with Crippen LogP contribution in [0.25, 0.3) is 0 Å². The molecule has 5 nitrogen and oxygen atoms in total. The topological polar surface area (TPSA) is 53.4 Å². The molecule has 0 saturated heterocycles. The Hall–Kier alpha value is -1.82. The van der Waals surface area contributed by atoms with Gasteiger partial charge in [0.2, 0.25) is 0 Å². The maximum absolute atomic E-state index is 11.7. The molecular weight excluding hydrogens is 348 g/mol. The summed E-state index contributed by atoms with van der Waals surface area (Å²) in [5, 5.41) is 4.31. The summed E-state index contributed by atoms with van der Waals surface area (Å²) in [7, 11) is 0. The molecule has 0 radical (unpaired) electrons. The molecular formula is C16H19BrN2O3. The first kappa shape index (κ1) is 16.5. The van der Waals surface area contributed by atoms with Gasteiger partial charge in [0.1, 0.15) is 19.0 Å². The second kappa shape index (κ2) is 7.98. The molecule has 22 heavy (non-hydrogen) atoms. The largest absolute Gasteiger partial charge is 0.490 e. The van der Waals surface area contributed by atoms with Crippen LogP contribution in [0.5, 0.6) is 5.75 Å². The monoisotopic (exact) mass is 366 g/mol. The predicted octanol–water partition coefficient (Wildman–Crippen LogP) is 3.27. The van der Waals surface area contributed by atoms with Crippen LogP contribution in [0.1, 0.15) is 17.8 Å². The molecule has 0 aliphatic carbocycles. The Kier molecular flexibility index (Phi) is 6.00. The van der Waals surface area contributed by atoms with Crippen molar-refractivity contribution in [2.45, 2.75) is 26.8 Å². The number of halogens is 1. The summed E-state index contributed by atoms with van der Waals surface area (Å²) in [5.74, 6) is 0.499. The molecule has 0 aliphatic heterocycles. The van der Waals surface area contributed by atoms with Crippen molar-refractivity contribution in [1.82, 2.24) is 9.78 Å². The van der Waals surface area contributed by atoms with Gasteiger partial charge in [-0.05, 0) is 38.1 Å². The van der Waals surface area contributed by atoms with E-state index in [1.54, 1.807) is 0 Å². The zero-order valence-electron chi connectivity index (χ0n) is 12.7. The molecule has 0 N–H and O–H groups in total. The minimum absolute atomic E-state index is 0.239. The summed E-state index contributed by atoms with van der Waals surface area (Å²) in [5.41, 5.74) is 2.00. The lowest BCUT2D eigenvalue weighted by molar-refractivity contribution is -0.144. The van der Waals surface area contributed by atoms with E-state index in [0.29, 0.717) is 19.6 Å². The Labute approximate surface area is 138 Å². The third-order valence-electron chi connectivity index (χ3n) is 3.04. The van der Waals surface area contributed by atoms with Crippen molar-refractivity contribution in [2.75, 3.05) is 13.2 Å². The summed E-state index contributed by atoms with van der Waals surface area (Å²) < 4.78 is 13.4. The highest BCUT2D eigenvalue weighted by Gasteiger charge is 2.06. The number of carbonyl (C=O) groups is 1. The molecule has 2 rings (SSSR count). The molecule has 0 saturated carbocycles. The van der Waals surface area contributed by atoms with Gasteiger partial charge >= 0.3 is 5.97 Å². The van der Waals surface area contributed by atoms with Crippen molar-refractivity contribution in [3.05, 3.63) is 46.2 Å². The van der Waals surface area contributed by atoms with Gasteiger partial charge in [-0.1, -0.05) is 22.0 Å². The first-order chi connectivity index (χ1) is 10.5. The summed E-state index contributed by atoms with van der Waals surface area (Å²) in [4.78, 5) is 11.7. The molecule has 0 bridgehead atoms. The predicted molar refractivity (Wildman–Crippen MR) is 86.9 cm³/mol. The molecule has 0 fully saturated rings. The first-order valence-corrected chi connectivity index (χ1v) is 7.89. The van der Waals surface area contributed by atoms with E-state index in [-0.39, 0.29) is 12.6 Å². The van der Waals surface area contributed by atoms with E-state index < -0.39 is 0 Å². The van der Waals surface area contributed by atoms with Crippen LogP contribution in [-0.4, -0.2) is 29.0 Å². The van der Waals surface area contributed by atoms with Crippen LogP contribution in [0.4, 0.5) is 0 Å². The van der Waals surface area contributed by atoms with Crippen molar-refractivity contribution < 1.29 is 14.3 Å². The van der Waals surface area contributed by atoms with Gasteiger partial charge in [-0.15, -0.1) is 0 Å². The van der Waals surface area contributed by atoms with Crippen molar-refractivity contribution in [1.29, 1.82) is 0 Å². The van der Waals surface area contributed by atoms with E-state index in [1.165, 1.54) is 0 Å². The third-order valence-corrected chi connectivity index (χ3v) is 3.54. The molecule has 0 spiro atoms. The minimum atomic E-state index is -0.245. The number of benzene rings is 1. The number of aromatic nitrogens is 2. The van der Waals surface area contributed by atoms with Crippen molar-refractivity contribution >= 4 is 21.9 Å². The van der Waals surface area contributed by atoms with Crippen LogP contribution in [0.2, 0.25) is 0 Å². The molecule has 0 atom stereocenters. The van der Waals surface area contributed by atoms with Gasteiger partial charge in [0.05, 0.1) is 18.7 Å². The summed E-state index contributed by atoms with van der Waals surface area (Å²) >= 11 is 3.37. The minimum Gasteiger partial charge on any atom is -0.490 e. The number of aryl methyl sites for hydroxylation is 3. The molecule has 0 aliphatic rings. The molecule has 0 amide bonds. The summed E-state index contributed by atoms with van der Waals surface area (Å²) in [6.45, 7) is 5.01. The van der Waals surface area contributed by atoms with E-state index in [9.17, 15) is 4.79 Å². The van der Waals surface area contributed by atoms with Crippen LogP contribution < -0.4 is 4.74 Å². The molecule has 6 heteroatoms. The van der Waals surface area contributed by atoms with Gasteiger partial charge in [0, 0.05) is 10.2 Å². The maximum Gasteiger partial charge on any atom is 0.307 e. The van der Waals surface area contributed by atoms with Gasteiger partial charge in [0.15, 0.2) is 0 Å².